The number of rotatable bonds is 10. The van der Waals surface area contributed by atoms with Gasteiger partial charge in [0.1, 0.15) is 0 Å². The summed E-state index contributed by atoms with van der Waals surface area (Å²) in [5.74, 6) is 1.37. The molecule has 0 saturated carbocycles. The molecule has 6 heteroatoms. The predicted octanol–water partition coefficient (Wildman–Crippen LogP) is 2.40. The third-order valence-corrected chi connectivity index (χ3v) is 4.15. The van der Waals surface area contributed by atoms with Crippen LogP contribution in [0.4, 0.5) is 0 Å². The van der Waals surface area contributed by atoms with Gasteiger partial charge in [0.25, 0.3) is 0 Å². The number of nitrogens with zero attached hydrogens (tertiary/aromatic N) is 1. The second-order valence-electron chi connectivity index (χ2n) is 5.64. The van der Waals surface area contributed by atoms with Gasteiger partial charge in [-0.3, -0.25) is 9.79 Å². The number of hydrogen-bond acceptors (Lipinski definition) is 3. The van der Waals surface area contributed by atoms with Gasteiger partial charge in [0.2, 0.25) is 5.91 Å². The lowest BCUT2D eigenvalue weighted by molar-refractivity contribution is -0.120. The fourth-order valence-corrected chi connectivity index (χ4v) is 2.94. The van der Waals surface area contributed by atoms with E-state index in [-0.39, 0.29) is 5.91 Å². The van der Waals surface area contributed by atoms with Gasteiger partial charge in [-0.05, 0) is 37.1 Å². The number of thiophene rings is 1. The number of guanidine groups is 1. The number of carbonyl (C=O) groups excluding carboxylic acids is 1. The average Bonchev–Trinajstić information content (AvgIpc) is 3.03. The van der Waals surface area contributed by atoms with Gasteiger partial charge in [-0.1, -0.05) is 19.9 Å². The molecule has 0 fully saturated rings. The second kappa shape index (κ2) is 11.9. The Kier molecular flexibility index (Phi) is 10.1. The summed E-state index contributed by atoms with van der Waals surface area (Å²) in [5.41, 5.74) is 0. The summed E-state index contributed by atoms with van der Waals surface area (Å²) in [6.45, 7) is 9.23. The van der Waals surface area contributed by atoms with E-state index < -0.39 is 0 Å². The maximum atomic E-state index is 11.6. The molecule has 0 aliphatic rings. The molecule has 1 unspecified atom stereocenters. The first-order valence-corrected chi connectivity index (χ1v) is 9.34. The van der Waals surface area contributed by atoms with Crippen molar-refractivity contribution in [2.24, 2.45) is 10.9 Å². The van der Waals surface area contributed by atoms with E-state index >= 15 is 0 Å². The van der Waals surface area contributed by atoms with E-state index in [1.165, 1.54) is 4.88 Å². The van der Waals surface area contributed by atoms with E-state index in [1.807, 2.05) is 13.8 Å². The summed E-state index contributed by atoms with van der Waals surface area (Å²) in [5, 5.41) is 11.4. The van der Waals surface area contributed by atoms with Crippen LogP contribution in [-0.4, -0.2) is 38.0 Å². The smallest absolute Gasteiger partial charge is 0.221 e. The molecule has 0 spiro atoms. The molecule has 1 atom stereocenters. The molecule has 1 aromatic heterocycles. The lowest BCUT2D eigenvalue weighted by atomic mass is 10.1. The molecule has 130 valence electrons. The molecule has 5 nitrogen and oxygen atoms in total. The van der Waals surface area contributed by atoms with Gasteiger partial charge in [0, 0.05) is 37.5 Å². The zero-order valence-electron chi connectivity index (χ0n) is 14.5. The standard InChI is InChI=1S/C17H30N4OS/c1-4-9-19-16(22)8-10-20-17(18-5-2)21-13-14(3)12-15-7-6-11-23-15/h6-7,11,14H,4-5,8-10,12-13H2,1-3H3,(H,19,22)(H2,18,20,21). The van der Waals surface area contributed by atoms with Gasteiger partial charge >= 0.3 is 0 Å². The molecule has 1 heterocycles. The van der Waals surface area contributed by atoms with Crippen LogP contribution in [0.2, 0.25) is 0 Å². The Morgan fingerprint density at radius 3 is 2.74 bits per heavy atom. The Labute approximate surface area is 144 Å². The van der Waals surface area contributed by atoms with Crippen LogP contribution in [0.25, 0.3) is 0 Å². The van der Waals surface area contributed by atoms with Crippen LogP contribution in [-0.2, 0) is 11.2 Å². The molecule has 0 radical (unpaired) electrons. The molecular formula is C17H30N4OS. The van der Waals surface area contributed by atoms with E-state index in [1.54, 1.807) is 11.3 Å². The number of carbonyl (C=O) groups is 1. The number of amides is 1. The monoisotopic (exact) mass is 338 g/mol. The first-order valence-electron chi connectivity index (χ1n) is 8.46. The summed E-state index contributed by atoms with van der Waals surface area (Å²) < 4.78 is 0. The Bertz CT molecular complexity index is 459. The van der Waals surface area contributed by atoms with E-state index in [2.05, 4.69) is 45.4 Å². The number of aliphatic imine (C=N–C) groups is 1. The minimum absolute atomic E-state index is 0.0845. The molecule has 1 aromatic rings. The fraction of sp³-hybridized carbons (Fsp3) is 0.647. The first kappa shape index (κ1) is 19.5. The van der Waals surface area contributed by atoms with Gasteiger partial charge in [-0.2, -0.15) is 0 Å². The molecule has 3 N–H and O–H groups in total. The highest BCUT2D eigenvalue weighted by molar-refractivity contribution is 7.09. The molecule has 23 heavy (non-hydrogen) atoms. The maximum Gasteiger partial charge on any atom is 0.221 e. The van der Waals surface area contributed by atoms with Gasteiger partial charge in [-0.25, -0.2) is 0 Å². The molecular weight excluding hydrogens is 308 g/mol. The summed E-state index contributed by atoms with van der Waals surface area (Å²) in [4.78, 5) is 17.6. The van der Waals surface area contributed by atoms with Crippen molar-refractivity contribution >= 4 is 23.2 Å². The highest BCUT2D eigenvalue weighted by atomic mass is 32.1. The summed E-state index contributed by atoms with van der Waals surface area (Å²) in [6.07, 6.45) is 2.49. The van der Waals surface area contributed by atoms with E-state index in [4.69, 9.17) is 0 Å². The number of nitrogens with one attached hydrogen (secondary N) is 3. The molecule has 1 amide bonds. The molecule has 0 aliphatic heterocycles. The second-order valence-corrected chi connectivity index (χ2v) is 6.67. The van der Waals surface area contributed by atoms with Crippen molar-refractivity contribution in [1.29, 1.82) is 0 Å². The van der Waals surface area contributed by atoms with Crippen LogP contribution in [0.3, 0.4) is 0 Å². The third kappa shape index (κ3) is 9.23. The van der Waals surface area contributed by atoms with E-state index in [0.29, 0.717) is 18.9 Å². The molecule has 0 saturated heterocycles. The quantitative estimate of drug-likeness (QED) is 0.453. The topological polar surface area (TPSA) is 65.5 Å². The molecule has 1 rings (SSSR count). The van der Waals surface area contributed by atoms with E-state index in [9.17, 15) is 4.79 Å². The van der Waals surface area contributed by atoms with Crippen molar-refractivity contribution in [3.05, 3.63) is 22.4 Å². The van der Waals surface area contributed by atoms with E-state index in [0.717, 1.165) is 38.4 Å². The predicted molar refractivity (Wildman–Crippen MR) is 99.1 cm³/mol. The third-order valence-electron chi connectivity index (χ3n) is 3.25. The largest absolute Gasteiger partial charge is 0.357 e. The Balaban J connectivity index is 2.32. The Hall–Kier alpha value is -1.56. The minimum Gasteiger partial charge on any atom is -0.357 e. The van der Waals surface area contributed by atoms with Crippen LogP contribution >= 0.6 is 11.3 Å². The van der Waals surface area contributed by atoms with Crippen LogP contribution in [0, 0.1) is 5.92 Å². The van der Waals surface area contributed by atoms with Gasteiger partial charge in [0.05, 0.1) is 0 Å². The maximum absolute atomic E-state index is 11.6. The van der Waals surface area contributed by atoms with Crippen LogP contribution in [0.15, 0.2) is 22.5 Å². The zero-order valence-corrected chi connectivity index (χ0v) is 15.3. The Morgan fingerprint density at radius 2 is 2.09 bits per heavy atom. The van der Waals surface area contributed by atoms with Gasteiger partial charge in [0.15, 0.2) is 5.96 Å². The lowest BCUT2D eigenvalue weighted by Gasteiger charge is -2.13. The van der Waals surface area contributed by atoms with Crippen molar-refractivity contribution in [2.45, 2.75) is 40.0 Å². The minimum atomic E-state index is 0.0845. The average molecular weight is 339 g/mol. The van der Waals surface area contributed by atoms with Crippen molar-refractivity contribution < 1.29 is 4.79 Å². The molecule has 0 bridgehead atoms. The lowest BCUT2D eigenvalue weighted by Crippen LogP contribution is -2.39. The normalized spacial score (nSPS) is 12.7. The van der Waals surface area contributed by atoms with Crippen LogP contribution in [0.1, 0.15) is 38.5 Å². The summed E-state index contributed by atoms with van der Waals surface area (Å²) in [6, 6.07) is 4.26. The SMILES string of the molecule is CCCNC(=O)CCNC(=NCC(C)Cc1cccs1)NCC. The zero-order chi connectivity index (χ0) is 16.9. The highest BCUT2D eigenvalue weighted by Crippen LogP contribution is 2.14. The summed E-state index contributed by atoms with van der Waals surface area (Å²) in [7, 11) is 0. The van der Waals surface area contributed by atoms with Crippen molar-refractivity contribution in [3.63, 3.8) is 0 Å². The Morgan fingerprint density at radius 1 is 1.26 bits per heavy atom. The van der Waals surface area contributed by atoms with Gasteiger partial charge < -0.3 is 16.0 Å². The van der Waals surface area contributed by atoms with Crippen molar-refractivity contribution in [3.8, 4) is 0 Å². The highest BCUT2D eigenvalue weighted by Gasteiger charge is 2.06. The van der Waals surface area contributed by atoms with Crippen LogP contribution in [0.5, 0.6) is 0 Å². The van der Waals surface area contributed by atoms with Crippen LogP contribution < -0.4 is 16.0 Å². The van der Waals surface area contributed by atoms with Crippen molar-refractivity contribution in [2.75, 3.05) is 26.2 Å². The summed E-state index contributed by atoms with van der Waals surface area (Å²) >= 11 is 1.80. The molecule has 0 aromatic carbocycles. The number of hydrogen-bond donors (Lipinski definition) is 3. The first-order chi connectivity index (χ1) is 11.2. The molecule has 0 aliphatic carbocycles. The fourth-order valence-electron chi connectivity index (χ4n) is 2.07. The van der Waals surface area contributed by atoms with Gasteiger partial charge in [-0.15, -0.1) is 11.3 Å². The van der Waals surface area contributed by atoms with Crippen molar-refractivity contribution in [1.82, 2.24) is 16.0 Å².